The molecule has 1 N–H and O–H groups in total. The van der Waals surface area contributed by atoms with Gasteiger partial charge in [-0.2, -0.15) is 0 Å². The standard InChI is InChI=1S/C24H21N3O4S/c1-29-16-10-11-19(30-2)17(12-16)18-13-32-24(25-18)27-22(28)20-21(14-8-9-14)31-23(26-20)15-6-4-3-5-7-15/h3-7,10-14H,8-9H2,1-2H3,(H,25,27,28). The summed E-state index contributed by atoms with van der Waals surface area (Å²) in [6, 6.07) is 15.1. The fraction of sp³-hybridized carbons (Fsp3) is 0.208. The van der Waals surface area contributed by atoms with Gasteiger partial charge in [0.05, 0.1) is 19.9 Å². The summed E-state index contributed by atoms with van der Waals surface area (Å²) in [5.41, 5.74) is 2.64. The van der Waals surface area contributed by atoms with Crippen LogP contribution in [0.4, 0.5) is 5.13 Å². The minimum Gasteiger partial charge on any atom is -0.497 e. The molecule has 8 heteroatoms. The van der Waals surface area contributed by atoms with Gasteiger partial charge in [0.25, 0.3) is 5.91 Å². The first-order valence-corrected chi connectivity index (χ1v) is 11.1. The molecule has 0 radical (unpaired) electrons. The van der Waals surface area contributed by atoms with E-state index in [0.717, 1.165) is 24.0 Å². The SMILES string of the molecule is COc1ccc(OC)c(-c2csc(NC(=O)c3nc(-c4ccccc4)oc3C3CC3)n2)c1. The molecule has 1 amide bonds. The number of oxazole rings is 1. The van der Waals surface area contributed by atoms with Crippen molar-refractivity contribution in [3.8, 4) is 34.2 Å². The zero-order chi connectivity index (χ0) is 22.1. The van der Waals surface area contributed by atoms with Gasteiger partial charge < -0.3 is 13.9 Å². The van der Waals surface area contributed by atoms with Gasteiger partial charge in [-0.05, 0) is 43.2 Å². The lowest BCUT2D eigenvalue weighted by molar-refractivity contribution is 0.102. The molecule has 0 saturated heterocycles. The van der Waals surface area contributed by atoms with Crippen LogP contribution in [0.15, 0.2) is 58.3 Å². The number of hydrogen-bond acceptors (Lipinski definition) is 7. The van der Waals surface area contributed by atoms with E-state index in [1.165, 1.54) is 11.3 Å². The first-order valence-electron chi connectivity index (χ1n) is 10.2. The topological polar surface area (TPSA) is 86.5 Å². The Bertz CT molecular complexity index is 1260. The van der Waals surface area contributed by atoms with E-state index in [1.54, 1.807) is 14.2 Å². The van der Waals surface area contributed by atoms with Crippen LogP contribution < -0.4 is 14.8 Å². The van der Waals surface area contributed by atoms with Gasteiger partial charge in [0.1, 0.15) is 17.3 Å². The number of hydrogen-bond donors (Lipinski definition) is 1. The molecule has 32 heavy (non-hydrogen) atoms. The second-order valence-corrected chi connectivity index (χ2v) is 8.29. The minimum atomic E-state index is -0.323. The van der Waals surface area contributed by atoms with Gasteiger partial charge >= 0.3 is 0 Å². The Morgan fingerprint density at radius 2 is 1.91 bits per heavy atom. The van der Waals surface area contributed by atoms with Crippen molar-refractivity contribution in [3.05, 3.63) is 65.4 Å². The highest BCUT2D eigenvalue weighted by Crippen LogP contribution is 2.43. The molecule has 162 valence electrons. The molecule has 2 aromatic heterocycles. The molecule has 1 saturated carbocycles. The maximum absolute atomic E-state index is 13.1. The van der Waals surface area contributed by atoms with Crippen molar-refractivity contribution >= 4 is 22.4 Å². The van der Waals surface area contributed by atoms with Crippen LogP contribution in [0.2, 0.25) is 0 Å². The first kappa shape index (κ1) is 20.3. The summed E-state index contributed by atoms with van der Waals surface area (Å²) < 4.78 is 16.8. The number of carbonyl (C=O) groups excluding carboxylic acids is 1. The molecular weight excluding hydrogens is 426 g/mol. The van der Waals surface area contributed by atoms with Gasteiger partial charge in [0.2, 0.25) is 5.89 Å². The number of anilines is 1. The molecule has 0 spiro atoms. The van der Waals surface area contributed by atoms with Crippen molar-refractivity contribution in [2.45, 2.75) is 18.8 Å². The van der Waals surface area contributed by atoms with Crippen LogP contribution in [0.5, 0.6) is 11.5 Å². The zero-order valence-electron chi connectivity index (χ0n) is 17.6. The van der Waals surface area contributed by atoms with E-state index in [-0.39, 0.29) is 11.8 Å². The van der Waals surface area contributed by atoms with Gasteiger partial charge in [-0.1, -0.05) is 18.2 Å². The third-order valence-corrected chi connectivity index (χ3v) is 6.00. The van der Waals surface area contributed by atoms with E-state index < -0.39 is 0 Å². The predicted molar refractivity (Wildman–Crippen MR) is 123 cm³/mol. The Labute approximate surface area is 189 Å². The van der Waals surface area contributed by atoms with Crippen molar-refractivity contribution in [3.63, 3.8) is 0 Å². The van der Waals surface area contributed by atoms with E-state index in [1.807, 2.05) is 53.9 Å². The minimum absolute atomic E-state index is 0.244. The van der Waals surface area contributed by atoms with Crippen LogP contribution in [-0.2, 0) is 0 Å². The molecule has 5 rings (SSSR count). The number of ether oxygens (including phenoxy) is 2. The number of nitrogens with zero attached hydrogens (tertiary/aromatic N) is 2. The lowest BCUT2D eigenvalue weighted by Gasteiger charge is -2.08. The largest absolute Gasteiger partial charge is 0.497 e. The monoisotopic (exact) mass is 447 g/mol. The maximum atomic E-state index is 13.1. The van der Waals surface area contributed by atoms with E-state index in [2.05, 4.69) is 15.3 Å². The average Bonchev–Trinajstić information content (AvgIpc) is 3.41. The predicted octanol–water partition coefficient (Wildman–Crippen LogP) is 5.61. The number of aromatic nitrogens is 2. The van der Waals surface area contributed by atoms with E-state index in [4.69, 9.17) is 13.9 Å². The number of amides is 1. The van der Waals surface area contributed by atoms with E-state index >= 15 is 0 Å². The zero-order valence-corrected chi connectivity index (χ0v) is 18.4. The van der Waals surface area contributed by atoms with Crippen LogP contribution in [0, 0.1) is 0 Å². The molecule has 0 unspecified atom stereocenters. The molecular formula is C24H21N3O4S. The highest BCUT2D eigenvalue weighted by atomic mass is 32.1. The van der Waals surface area contributed by atoms with E-state index in [0.29, 0.717) is 39.7 Å². The Morgan fingerprint density at radius 3 is 2.62 bits per heavy atom. The molecule has 4 aromatic rings. The molecule has 2 aromatic carbocycles. The van der Waals surface area contributed by atoms with Crippen molar-refractivity contribution in [1.29, 1.82) is 0 Å². The second-order valence-electron chi connectivity index (χ2n) is 7.43. The Kier molecular flexibility index (Phi) is 5.36. The van der Waals surface area contributed by atoms with Gasteiger partial charge in [-0.3, -0.25) is 10.1 Å². The molecule has 1 fully saturated rings. The molecule has 0 atom stereocenters. The smallest absolute Gasteiger partial charge is 0.279 e. The van der Waals surface area contributed by atoms with Crippen LogP contribution in [0.3, 0.4) is 0 Å². The van der Waals surface area contributed by atoms with Gasteiger partial charge in [0, 0.05) is 22.4 Å². The molecule has 0 bridgehead atoms. The number of rotatable bonds is 7. The fourth-order valence-electron chi connectivity index (χ4n) is 3.45. The van der Waals surface area contributed by atoms with Crippen LogP contribution in [-0.4, -0.2) is 30.1 Å². The van der Waals surface area contributed by atoms with Crippen LogP contribution >= 0.6 is 11.3 Å². The summed E-state index contributed by atoms with van der Waals surface area (Å²) in [4.78, 5) is 22.2. The molecule has 0 aliphatic heterocycles. The van der Waals surface area contributed by atoms with Gasteiger partial charge in [-0.25, -0.2) is 9.97 Å². The Balaban J connectivity index is 1.41. The first-order chi connectivity index (χ1) is 15.7. The lowest BCUT2D eigenvalue weighted by Crippen LogP contribution is -2.14. The Morgan fingerprint density at radius 1 is 1.09 bits per heavy atom. The van der Waals surface area contributed by atoms with Crippen molar-refractivity contribution in [2.24, 2.45) is 0 Å². The number of nitrogens with one attached hydrogen (secondary N) is 1. The van der Waals surface area contributed by atoms with Crippen LogP contribution in [0.1, 0.15) is 35.0 Å². The average molecular weight is 448 g/mol. The summed E-state index contributed by atoms with van der Waals surface area (Å²) in [6.07, 6.45) is 2.00. The molecule has 1 aliphatic carbocycles. The van der Waals surface area contributed by atoms with Gasteiger partial charge in [-0.15, -0.1) is 11.3 Å². The molecule has 2 heterocycles. The van der Waals surface area contributed by atoms with Crippen molar-refractivity contribution < 1.29 is 18.7 Å². The Hall–Kier alpha value is -3.65. The third kappa shape index (κ3) is 3.97. The van der Waals surface area contributed by atoms with Crippen molar-refractivity contribution in [1.82, 2.24) is 9.97 Å². The normalized spacial score (nSPS) is 13.1. The van der Waals surface area contributed by atoms with Crippen LogP contribution in [0.25, 0.3) is 22.7 Å². The quantitative estimate of drug-likeness (QED) is 0.396. The van der Waals surface area contributed by atoms with Crippen molar-refractivity contribution in [2.75, 3.05) is 19.5 Å². The summed E-state index contributed by atoms with van der Waals surface area (Å²) >= 11 is 1.34. The number of methoxy groups -OCH3 is 2. The summed E-state index contributed by atoms with van der Waals surface area (Å²) in [7, 11) is 3.21. The van der Waals surface area contributed by atoms with Gasteiger partial charge in [0.15, 0.2) is 10.8 Å². The highest BCUT2D eigenvalue weighted by molar-refractivity contribution is 7.14. The summed E-state index contributed by atoms with van der Waals surface area (Å²) in [5.74, 6) is 2.40. The fourth-order valence-corrected chi connectivity index (χ4v) is 4.15. The lowest BCUT2D eigenvalue weighted by atomic mass is 10.1. The molecule has 1 aliphatic rings. The van der Waals surface area contributed by atoms with E-state index in [9.17, 15) is 4.79 Å². The molecule has 7 nitrogen and oxygen atoms in total. The number of thiazole rings is 1. The number of carbonyl (C=O) groups is 1. The number of benzene rings is 2. The third-order valence-electron chi connectivity index (χ3n) is 5.24. The highest BCUT2D eigenvalue weighted by Gasteiger charge is 2.34. The summed E-state index contributed by atoms with van der Waals surface area (Å²) in [5, 5.41) is 5.22. The summed E-state index contributed by atoms with van der Waals surface area (Å²) in [6.45, 7) is 0. The second kappa shape index (κ2) is 8.47. The maximum Gasteiger partial charge on any atom is 0.279 e.